The van der Waals surface area contributed by atoms with Crippen LogP contribution in [0.1, 0.15) is 18.2 Å². The molecule has 0 aliphatic carbocycles. The third-order valence-corrected chi connectivity index (χ3v) is 5.74. The van der Waals surface area contributed by atoms with E-state index in [9.17, 15) is 8.42 Å². The molecule has 0 saturated heterocycles. The Kier molecular flexibility index (Phi) is 9.40. The van der Waals surface area contributed by atoms with E-state index in [4.69, 9.17) is 23.2 Å². The summed E-state index contributed by atoms with van der Waals surface area (Å²) in [6.07, 6.45) is 1.19. The molecular weight excluding hydrogens is 522 g/mol. The lowest BCUT2D eigenvalue weighted by Crippen LogP contribution is -2.37. The van der Waals surface area contributed by atoms with Gasteiger partial charge in [0.25, 0.3) is 0 Å². The van der Waals surface area contributed by atoms with E-state index in [2.05, 4.69) is 15.6 Å². The number of nitrogens with one attached hydrogen (secondary N) is 2. The summed E-state index contributed by atoms with van der Waals surface area (Å²) in [5, 5.41) is 7.41. The molecule has 0 amide bonds. The Bertz CT molecular complexity index is 896. The second-order valence-corrected chi connectivity index (χ2v) is 8.58. The van der Waals surface area contributed by atoms with Crippen LogP contribution in [0.3, 0.4) is 0 Å². The van der Waals surface area contributed by atoms with E-state index in [1.54, 1.807) is 24.3 Å². The summed E-state index contributed by atoms with van der Waals surface area (Å²) in [5.41, 5.74) is 1.85. The number of hydrogen-bond acceptors (Lipinski definition) is 3. The number of nitrogens with zero attached hydrogens (tertiary/aromatic N) is 2. The minimum Gasteiger partial charge on any atom is -0.357 e. The summed E-state index contributed by atoms with van der Waals surface area (Å²) in [6.45, 7) is 3.64. The minimum atomic E-state index is -3.19. The Morgan fingerprint density at radius 2 is 1.81 bits per heavy atom. The highest BCUT2D eigenvalue weighted by atomic mass is 127. The van der Waals surface area contributed by atoms with Gasteiger partial charge in [0.05, 0.1) is 23.0 Å². The summed E-state index contributed by atoms with van der Waals surface area (Å²) in [6, 6.07) is 8.52. The highest BCUT2D eigenvalue weighted by molar-refractivity contribution is 14.0. The monoisotopic (exact) mass is 544 g/mol. The smallest absolute Gasteiger partial charge is 0.191 e. The van der Waals surface area contributed by atoms with Gasteiger partial charge in [0.15, 0.2) is 15.8 Å². The van der Waals surface area contributed by atoms with E-state index in [1.165, 1.54) is 6.26 Å². The van der Waals surface area contributed by atoms with Gasteiger partial charge in [-0.1, -0.05) is 35.3 Å². The number of aromatic nitrogens is 1. The SMILES string of the molecule is CCNC(=NCc1ccc(S(C)(=O)=O)cc1)NCc1cc(Cl)c(Cl)n1C.I. The maximum absolute atomic E-state index is 11.5. The van der Waals surface area contributed by atoms with Crippen LogP contribution in [0.25, 0.3) is 0 Å². The predicted octanol–water partition coefficient (Wildman–Crippen LogP) is 3.61. The van der Waals surface area contributed by atoms with Crippen LogP contribution in [0.4, 0.5) is 0 Å². The van der Waals surface area contributed by atoms with Gasteiger partial charge in [-0.2, -0.15) is 0 Å². The highest BCUT2D eigenvalue weighted by Gasteiger charge is 2.09. The molecule has 1 heterocycles. The molecule has 0 atom stereocenters. The average molecular weight is 545 g/mol. The van der Waals surface area contributed by atoms with Gasteiger partial charge >= 0.3 is 0 Å². The number of sulfone groups is 1. The van der Waals surface area contributed by atoms with Crippen molar-refractivity contribution < 1.29 is 8.42 Å². The Labute approximate surface area is 187 Å². The second kappa shape index (κ2) is 10.5. The van der Waals surface area contributed by atoms with Crippen molar-refractivity contribution in [3.63, 3.8) is 0 Å². The van der Waals surface area contributed by atoms with E-state index in [-0.39, 0.29) is 24.0 Å². The minimum absolute atomic E-state index is 0. The van der Waals surface area contributed by atoms with Gasteiger partial charge in [-0.15, -0.1) is 24.0 Å². The Morgan fingerprint density at radius 3 is 2.30 bits per heavy atom. The molecule has 10 heteroatoms. The number of rotatable bonds is 6. The molecule has 0 fully saturated rings. The molecule has 0 bridgehead atoms. The number of benzene rings is 1. The van der Waals surface area contributed by atoms with Crippen molar-refractivity contribution in [1.82, 2.24) is 15.2 Å². The van der Waals surface area contributed by atoms with Gasteiger partial charge in [0.2, 0.25) is 0 Å². The first kappa shape index (κ1) is 24.1. The van der Waals surface area contributed by atoms with E-state index < -0.39 is 9.84 Å². The van der Waals surface area contributed by atoms with Crippen LogP contribution in [-0.4, -0.2) is 31.7 Å². The number of hydrogen-bond donors (Lipinski definition) is 2. The fourth-order valence-corrected chi connectivity index (χ4v) is 3.33. The molecule has 0 radical (unpaired) electrons. The van der Waals surface area contributed by atoms with Gasteiger partial charge in [-0.3, -0.25) is 0 Å². The van der Waals surface area contributed by atoms with Crippen molar-refractivity contribution in [1.29, 1.82) is 0 Å². The normalized spacial score (nSPS) is 11.8. The second-order valence-electron chi connectivity index (χ2n) is 5.80. The zero-order chi connectivity index (χ0) is 19.3. The number of aliphatic imine (C=N–C) groups is 1. The van der Waals surface area contributed by atoms with Crippen molar-refractivity contribution >= 4 is 63.0 Å². The lowest BCUT2D eigenvalue weighted by atomic mass is 10.2. The Balaban J connectivity index is 0.00000364. The van der Waals surface area contributed by atoms with Crippen molar-refractivity contribution in [3.05, 3.63) is 51.8 Å². The summed E-state index contributed by atoms with van der Waals surface area (Å²) >= 11 is 12.1. The van der Waals surface area contributed by atoms with E-state index >= 15 is 0 Å². The molecule has 0 aliphatic rings. The molecule has 0 aliphatic heterocycles. The number of halogens is 3. The molecule has 0 spiro atoms. The summed E-state index contributed by atoms with van der Waals surface area (Å²) < 4.78 is 24.8. The van der Waals surface area contributed by atoms with Gasteiger partial charge < -0.3 is 15.2 Å². The fourth-order valence-electron chi connectivity index (χ4n) is 2.29. The largest absolute Gasteiger partial charge is 0.357 e. The quantitative estimate of drug-likeness (QED) is 0.331. The lowest BCUT2D eigenvalue weighted by Gasteiger charge is -2.12. The average Bonchev–Trinajstić information content (AvgIpc) is 2.84. The zero-order valence-electron chi connectivity index (χ0n) is 15.3. The van der Waals surface area contributed by atoms with Crippen LogP contribution in [0.2, 0.25) is 10.2 Å². The van der Waals surface area contributed by atoms with Gasteiger partial charge in [0.1, 0.15) is 5.15 Å². The Morgan fingerprint density at radius 1 is 1.19 bits per heavy atom. The van der Waals surface area contributed by atoms with E-state index in [1.807, 2.05) is 24.6 Å². The third kappa shape index (κ3) is 6.85. The van der Waals surface area contributed by atoms with Crippen molar-refractivity contribution in [2.24, 2.45) is 12.0 Å². The molecule has 0 saturated carbocycles. The first-order valence-corrected chi connectivity index (χ1v) is 10.7. The lowest BCUT2D eigenvalue weighted by molar-refractivity contribution is 0.602. The molecule has 2 N–H and O–H groups in total. The maximum atomic E-state index is 11.5. The predicted molar refractivity (Wildman–Crippen MR) is 122 cm³/mol. The maximum Gasteiger partial charge on any atom is 0.191 e. The Hall–Kier alpha value is -0.970. The summed E-state index contributed by atoms with van der Waals surface area (Å²) in [4.78, 5) is 4.82. The number of guanidine groups is 1. The molecule has 150 valence electrons. The van der Waals surface area contributed by atoms with Crippen LogP contribution in [-0.2, 0) is 30.0 Å². The zero-order valence-corrected chi connectivity index (χ0v) is 20.0. The van der Waals surface area contributed by atoms with Gasteiger partial charge in [-0.25, -0.2) is 13.4 Å². The van der Waals surface area contributed by atoms with Crippen LogP contribution < -0.4 is 10.6 Å². The molecule has 2 aromatic rings. The third-order valence-electron chi connectivity index (χ3n) is 3.77. The highest BCUT2D eigenvalue weighted by Crippen LogP contribution is 2.24. The van der Waals surface area contributed by atoms with Crippen molar-refractivity contribution in [3.8, 4) is 0 Å². The molecule has 27 heavy (non-hydrogen) atoms. The standard InChI is InChI=1S/C17H22Cl2N4O2S.HI/c1-4-20-17(22-11-13-9-15(18)16(19)23(13)2)21-10-12-5-7-14(8-6-12)26(3,24)25;/h5-9H,4,10-11H2,1-3H3,(H2,20,21,22);1H. The fraction of sp³-hybridized carbons (Fsp3) is 0.353. The van der Waals surface area contributed by atoms with Crippen LogP contribution in [0.5, 0.6) is 0 Å². The first-order valence-electron chi connectivity index (χ1n) is 8.03. The topological polar surface area (TPSA) is 75.5 Å². The molecule has 0 unspecified atom stereocenters. The molecular formula is C17H23Cl2IN4O2S. The molecule has 1 aromatic carbocycles. The molecule has 6 nitrogen and oxygen atoms in total. The van der Waals surface area contributed by atoms with Gasteiger partial charge in [0, 0.05) is 25.5 Å². The van der Waals surface area contributed by atoms with Crippen LogP contribution >= 0.6 is 47.2 Å². The van der Waals surface area contributed by atoms with E-state index in [0.717, 1.165) is 11.3 Å². The molecule has 2 rings (SSSR count). The van der Waals surface area contributed by atoms with Crippen LogP contribution in [0, 0.1) is 0 Å². The summed E-state index contributed by atoms with van der Waals surface area (Å²) in [7, 11) is -1.34. The van der Waals surface area contributed by atoms with E-state index in [0.29, 0.717) is 40.7 Å². The summed E-state index contributed by atoms with van der Waals surface area (Å²) in [5.74, 6) is 0.646. The van der Waals surface area contributed by atoms with Crippen molar-refractivity contribution in [2.45, 2.75) is 24.9 Å². The van der Waals surface area contributed by atoms with Crippen molar-refractivity contribution in [2.75, 3.05) is 12.8 Å². The molecule has 1 aromatic heterocycles. The first-order chi connectivity index (χ1) is 12.2. The van der Waals surface area contributed by atoms with Crippen LogP contribution in [0.15, 0.2) is 40.2 Å². The van der Waals surface area contributed by atoms with Gasteiger partial charge in [-0.05, 0) is 30.7 Å².